The van der Waals surface area contributed by atoms with Gasteiger partial charge in [-0.05, 0) is 6.07 Å². The molecule has 2 N–H and O–H groups in total. The van der Waals surface area contributed by atoms with Crippen LogP contribution in [0.2, 0.25) is 0 Å². The molecule has 0 radical (unpaired) electrons. The van der Waals surface area contributed by atoms with E-state index in [1.807, 2.05) is 4.90 Å². The quantitative estimate of drug-likeness (QED) is 0.529. The molecule has 0 aromatic carbocycles. The number of aliphatic hydroxyl groups is 1. The van der Waals surface area contributed by atoms with Crippen LogP contribution in [-0.2, 0) is 14.2 Å². The third kappa shape index (κ3) is 4.44. The molecule has 34 heavy (non-hydrogen) atoms. The maximum absolute atomic E-state index is 13.7. The van der Waals surface area contributed by atoms with Gasteiger partial charge in [0.2, 0.25) is 0 Å². The summed E-state index contributed by atoms with van der Waals surface area (Å²) in [4.78, 5) is 19.6. The molecule has 1 amide bonds. The Bertz CT molecular complexity index is 1160. The van der Waals surface area contributed by atoms with E-state index in [9.17, 15) is 13.6 Å². The van der Waals surface area contributed by atoms with Gasteiger partial charge in [-0.25, -0.2) is 18.3 Å². The number of nitrogens with zero attached hydrogens (tertiary/aromatic N) is 6. The van der Waals surface area contributed by atoms with E-state index in [-0.39, 0.29) is 31.1 Å². The number of ether oxygens (including phenoxy) is 3. The van der Waals surface area contributed by atoms with E-state index in [4.69, 9.17) is 19.3 Å². The lowest BCUT2D eigenvalue weighted by molar-refractivity contribution is -0.212. The first kappa shape index (κ1) is 22.6. The van der Waals surface area contributed by atoms with Gasteiger partial charge >= 0.3 is 0 Å². The van der Waals surface area contributed by atoms with E-state index >= 15 is 0 Å². The first-order valence-corrected chi connectivity index (χ1v) is 10.7. The average Bonchev–Trinajstić information content (AvgIpc) is 3.49. The maximum Gasteiger partial charge on any atom is 0.284 e. The normalized spacial score (nSPS) is 21.4. The second-order valence-corrected chi connectivity index (χ2v) is 7.81. The van der Waals surface area contributed by atoms with E-state index in [1.165, 1.54) is 21.6 Å². The maximum atomic E-state index is 13.7. The summed E-state index contributed by atoms with van der Waals surface area (Å²) in [6.45, 7) is 2.43. The van der Waals surface area contributed by atoms with Crippen LogP contribution in [0.15, 0.2) is 24.7 Å². The molecule has 3 aromatic heterocycles. The van der Waals surface area contributed by atoms with Crippen LogP contribution >= 0.6 is 0 Å². The molecule has 0 spiro atoms. The molecule has 2 aliphatic rings. The lowest BCUT2D eigenvalue weighted by atomic mass is 10.3. The number of halogens is 2. The van der Waals surface area contributed by atoms with Gasteiger partial charge < -0.3 is 29.5 Å². The van der Waals surface area contributed by atoms with Crippen LogP contribution in [0.3, 0.4) is 0 Å². The van der Waals surface area contributed by atoms with Gasteiger partial charge in [-0.2, -0.15) is 10.2 Å². The fourth-order valence-electron chi connectivity index (χ4n) is 3.82. The molecular weight excluding hydrogens is 456 g/mol. The number of aliphatic hydroxyl groups excluding tert-OH is 1. The van der Waals surface area contributed by atoms with Crippen LogP contribution in [0.4, 0.5) is 20.3 Å². The van der Waals surface area contributed by atoms with Gasteiger partial charge in [-0.15, -0.1) is 0 Å². The van der Waals surface area contributed by atoms with E-state index < -0.39 is 30.4 Å². The number of amides is 1. The highest BCUT2D eigenvalue weighted by atomic mass is 19.3. The fourth-order valence-corrected chi connectivity index (χ4v) is 3.82. The fraction of sp³-hybridized carbons (Fsp3) is 0.500. The molecule has 0 atom stereocenters. The summed E-state index contributed by atoms with van der Waals surface area (Å²) in [5.41, 5.74) is -0.265. The molecule has 2 aliphatic heterocycles. The second kappa shape index (κ2) is 9.58. The summed E-state index contributed by atoms with van der Waals surface area (Å²) < 4.78 is 46.0. The predicted molar refractivity (Wildman–Crippen MR) is 113 cm³/mol. The SMILES string of the molecule is O=C(Nc1cn(C2COC(CO)OC2)nc1C(F)F)c1cnn2ccc(N3CCOCC3)nc12. The van der Waals surface area contributed by atoms with E-state index in [1.54, 1.807) is 12.3 Å². The second-order valence-electron chi connectivity index (χ2n) is 7.81. The topological polar surface area (TPSA) is 128 Å². The molecule has 5 heterocycles. The number of aromatic nitrogens is 5. The number of rotatable bonds is 6. The zero-order chi connectivity index (χ0) is 23.7. The van der Waals surface area contributed by atoms with Crippen LogP contribution in [0, 0.1) is 0 Å². The Morgan fingerprint density at radius 1 is 1.26 bits per heavy atom. The van der Waals surface area contributed by atoms with Crippen molar-refractivity contribution in [1.82, 2.24) is 24.4 Å². The van der Waals surface area contributed by atoms with Crippen LogP contribution in [0.25, 0.3) is 5.65 Å². The van der Waals surface area contributed by atoms with Gasteiger partial charge in [0.15, 0.2) is 17.6 Å². The van der Waals surface area contributed by atoms with E-state index in [0.29, 0.717) is 37.8 Å². The van der Waals surface area contributed by atoms with Crippen molar-refractivity contribution in [1.29, 1.82) is 0 Å². The van der Waals surface area contributed by atoms with Crippen molar-refractivity contribution < 1.29 is 32.9 Å². The number of nitrogens with one attached hydrogen (secondary N) is 1. The van der Waals surface area contributed by atoms with Crippen LogP contribution in [0.1, 0.15) is 28.5 Å². The van der Waals surface area contributed by atoms with Crippen LogP contribution in [0.5, 0.6) is 0 Å². The molecule has 0 unspecified atom stereocenters. The van der Waals surface area contributed by atoms with Crippen molar-refractivity contribution in [3.05, 3.63) is 35.9 Å². The summed E-state index contributed by atoms with van der Waals surface area (Å²) in [5.74, 6) is 0.0319. The number of carbonyl (C=O) groups is 1. The molecule has 0 bridgehead atoms. The highest BCUT2D eigenvalue weighted by Gasteiger charge is 2.28. The van der Waals surface area contributed by atoms with Crippen molar-refractivity contribution in [2.24, 2.45) is 0 Å². The number of hydrogen-bond acceptors (Lipinski definition) is 9. The highest BCUT2D eigenvalue weighted by molar-refractivity contribution is 6.08. The molecule has 0 aliphatic carbocycles. The summed E-state index contributed by atoms with van der Waals surface area (Å²) in [7, 11) is 0. The molecule has 12 nitrogen and oxygen atoms in total. The van der Waals surface area contributed by atoms with Crippen molar-refractivity contribution in [3.8, 4) is 0 Å². The summed E-state index contributed by atoms with van der Waals surface area (Å²) in [5, 5.41) is 19.7. The zero-order valence-electron chi connectivity index (χ0n) is 18.0. The molecular formula is C20H23F2N7O5. The molecule has 14 heteroatoms. The Labute approximate surface area is 192 Å². The standard InChI is InChI=1S/C20H23F2N7O5/c21-18(22)17-14(8-29(26-17)12-10-33-16(9-30)34-11-12)24-20(31)13-7-23-28-2-1-15(25-19(13)28)27-3-5-32-6-4-27/h1-2,7-8,12,16,18,30H,3-6,9-11H2,(H,24,31). The molecule has 2 fully saturated rings. The Hall–Kier alpha value is -3.20. The van der Waals surface area contributed by atoms with Gasteiger partial charge in [-0.1, -0.05) is 0 Å². The van der Waals surface area contributed by atoms with E-state index in [2.05, 4.69) is 20.5 Å². The van der Waals surface area contributed by atoms with Gasteiger partial charge in [0.25, 0.3) is 12.3 Å². The Morgan fingerprint density at radius 3 is 2.74 bits per heavy atom. The number of alkyl halides is 2. The minimum Gasteiger partial charge on any atom is -0.391 e. The molecule has 0 saturated carbocycles. The van der Waals surface area contributed by atoms with E-state index in [0.717, 1.165) is 0 Å². The van der Waals surface area contributed by atoms with Gasteiger partial charge in [0.1, 0.15) is 11.4 Å². The Morgan fingerprint density at radius 2 is 2.03 bits per heavy atom. The van der Waals surface area contributed by atoms with Gasteiger partial charge in [-0.3, -0.25) is 9.48 Å². The van der Waals surface area contributed by atoms with Crippen molar-refractivity contribution in [2.75, 3.05) is 56.3 Å². The zero-order valence-corrected chi connectivity index (χ0v) is 18.0. The van der Waals surface area contributed by atoms with Crippen LogP contribution < -0.4 is 10.2 Å². The smallest absolute Gasteiger partial charge is 0.284 e. The third-order valence-electron chi connectivity index (χ3n) is 5.62. The van der Waals surface area contributed by atoms with Crippen LogP contribution in [-0.4, -0.2) is 87.8 Å². The monoisotopic (exact) mass is 479 g/mol. The molecule has 3 aromatic rings. The third-order valence-corrected chi connectivity index (χ3v) is 5.62. The van der Waals surface area contributed by atoms with Crippen molar-refractivity contribution in [2.45, 2.75) is 18.8 Å². The first-order valence-electron chi connectivity index (χ1n) is 10.7. The average molecular weight is 479 g/mol. The highest BCUT2D eigenvalue weighted by Crippen LogP contribution is 2.29. The first-order chi connectivity index (χ1) is 16.5. The number of fused-ring (bicyclic) bond motifs is 1. The Kier molecular flexibility index (Phi) is 6.36. The number of anilines is 2. The van der Waals surface area contributed by atoms with Gasteiger partial charge in [0, 0.05) is 25.5 Å². The largest absolute Gasteiger partial charge is 0.391 e. The molecule has 5 rings (SSSR count). The Balaban J connectivity index is 1.38. The number of hydrogen-bond donors (Lipinski definition) is 2. The van der Waals surface area contributed by atoms with Gasteiger partial charge in [0.05, 0.1) is 51.0 Å². The molecule has 2 saturated heterocycles. The van der Waals surface area contributed by atoms with Crippen molar-refractivity contribution >= 4 is 23.1 Å². The molecule has 182 valence electrons. The van der Waals surface area contributed by atoms with Crippen molar-refractivity contribution in [3.63, 3.8) is 0 Å². The predicted octanol–water partition coefficient (Wildman–Crippen LogP) is 0.859. The summed E-state index contributed by atoms with van der Waals surface area (Å²) >= 11 is 0. The number of carbonyl (C=O) groups excluding carboxylic acids is 1. The summed E-state index contributed by atoms with van der Waals surface area (Å²) in [6, 6.07) is 1.31. The summed E-state index contributed by atoms with van der Waals surface area (Å²) in [6.07, 6.45) is 0.669. The minimum absolute atomic E-state index is 0.116. The lowest BCUT2D eigenvalue weighted by Gasteiger charge is -2.28. The number of morpholine rings is 1. The minimum atomic E-state index is -2.91. The lowest BCUT2D eigenvalue weighted by Crippen LogP contribution is -2.36.